The average Bonchev–Trinajstić information content (AvgIpc) is 3.29. The van der Waals surface area contributed by atoms with E-state index in [1.807, 2.05) is 36.2 Å². The summed E-state index contributed by atoms with van der Waals surface area (Å²) in [6.45, 7) is 0. The lowest BCUT2D eigenvalue weighted by Crippen LogP contribution is -2.12. The van der Waals surface area contributed by atoms with Crippen molar-refractivity contribution in [3.8, 4) is 11.4 Å². The Labute approximate surface area is 199 Å². The van der Waals surface area contributed by atoms with E-state index in [0.717, 1.165) is 34.2 Å². The van der Waals surface area contributed by atoms with Crippen molar-refractivity contribution in [2.45, 2.75) is 0 Å². The van der Waals surface area contributed by atoms with Gasteiger partial charge in [-0.2, -0.15) is 0 Å². The predicted octanol–water partition coefficient (Wildman–Crippen LogP) is 5.83. The van der Waals surface area contributed by atoms with E-state index in [4.69, 9.17) is 16.6 Å². The number of nitrogens with zero attached hydrogens (tertiary/aromatic N) is 4. The number of nitrogens with one attached hydrogen (secondary N) is 2. The first kappa shape index (κ1) is 21.5. The lowest BCUT2D eigenvalue weighted by Gasteiger charge is -2.20. The Bertz CT molecular complexity index is 1500. The third-order valence-electron chi connectivity index (χ3n) is 5.33. The SMILES string of the molecule is CN(c1ccncc1)c1ncccc1-c1nc2ccc(NC(=O)c3ccc(Cl)c(F)c3)cc2[nH]1. The summed E-state index contributed by atoms with van der Waals surface area (Å²) < 4.78 is 13.7. The molecule has 2 aromatic carbocycles. The zero-order valence-electron chi connectivity index (χ0n) is 18.0. The Kier molecular flexibility index (Phi) is 5.65. The highest BCUT2D eigenvalue weighted by Crippen LogP contribution is 2.32. The van der Waals surface area contributed by atoms with Crippen molar-refractivity contribution in [3.63, 3.8) is 0 Å². The van der Waals surface area contributed by atoms with Crippen LogP contribution in [0.15, 0.2) is 79.3 Å². The van der Waals surface area contributed by atoms with Crippen molar-refractivity contribution >= 4 is 45.7 Å². The number of halogens is 2. The number of H-pyrrole nitrogens is 1. The van der Waals surface area contributed by atoms with Gasteiger partial charge in [0.25, 0.3) is 5.91 Å². The second-order valence-electron chi connectivity index (χ2n) is 7.54. The molecule has 3 heterocycles. The highest BCUT2D eigenvalue weighted by atomic mass is 35.5. The number of carbonyl (C=O) groups excluding carboxylic acids is 1. The van der Waals surface area contributed by atoms with E-state index in [1.165, 1.54) is 12.1 Å². The second-order valence-corrected chi connectivity index (χ2v) is 7.95. The van der Waals surface area contributed by atoms with E-state index in [1.54, 1.807) is 36.8 Å². The molecule has 7 nitrogen and oxygen atoms in total. The lowest BCUT2D eigenvalue weighted by atomic mass is 10.2. The van der Waals surface area contributed by atoms with Crippen LogP contribution in [0.4, 0.5) is 21.6 Å². The summed E-state index contributed by atoms with van der Waals surface area (Å²) in [5.74, 6) is 0.281. The Balaban J connectivity index is 1.45. The molecule has 0 bridgehead atoms. The molecule has 0 saturated carbocycles. The van der Waals surface area contributed by atoms with E-state index in [0.29, 0.717) is 11.5 Å². The fraction of sp³-hybridized carbons (Fsp3) is 0.0400. The summed E-state index contributed by atoms with van der Waals surface area (Å²) in [6, 6.07) is 16.8. The van der Waals surface area contributed by atoms with Gasteiger partial charge in [-0.15, -0.1) is 0 Å². The quantitative estimate of drug-likeness (QED) is 0.336. The molecule has 0 atom stereocenters. The van der Waals surface area contributed by atoms with E-state index < -0.39 is 11.7 Å². The Morgan fingerprint density at radius 2 is 1.88 bits per heavy atom. The Morgan fingerprint density at radius 1 is 1.06 bits per heavy atom. The van der Waals surface area contributed by atoms with Crippen LogP contribution in [0.25, 0.3) is 22.4 Å². The molecule has 5 rings (SSSR count). The summed E-state index contributed by atoms with van der Waals surface area (Å²) in [5.41, 5.74) is 3.94. The molecular weight excluding hydrogens is 455 g/mol. The molecule has 0 unspecified atom stereocenters. The maximum Gasteiger partial charge on any atom is 0.255 e. The minimum Gasteiger partial charge on any atom is -0.338 e. The first-order chi connectivity index (χ1) is 16.5. The third kappa shape index (κ3) is 4.18. The van der Waals surface area contributed by atoms with Crippen molar-refractivity contribution in [3.05, 3.63) is 95.7 Å². The highest BCUT2D eigenvalue weighted by Gasteiger charge is 2.16. The van der Waals surface area contributed by atoms with Crippen LogP contribution in [-0.2, 0) is 0 Å². The molecule has 5 aromatic rings. The van der Waals surface area contributed by atoms with Gasteiger partial charge >= 0.3 is 0 Å². The van der Waals surface area contributed by atoms with E-state index >= 15 is 0 Å². The molecule has 0 aliphatic rings. The Hall–Kier alpha value is -4.30. The molecule has 1 amide bonds. The summed E-state index contributed by atoms with van der Waals surface area (Å²) in [5, 5.41) is 2.74. The monoisotopic (exact) mass is 472 g/mol. The summed E-state index contributed by atoms with van der Waals surface area (Å²) >= 11 is 5.70. The number of aromatic nitrogens is 4. The second kappa shape index (κ2) is 8.92. The van der Waals surface area contributed by atoms with Gasteiger partial charge in [0.05, 0.1) is 21.6 Å². The topological polar surface area (TPSA) is 86.8 Å². The average molecular weight is 473 g/mol. The standard InChI is InChI=1S/C25H18ClFN6O/c1-33(17-8-11-28-12-9-17)24-18(3-2-10-29-24)23-31-21-7-5-16(14-22(21)32-23)30-25(34)15-4-6-19(26)20(27)13-15/h2-14H,1H3,(H,30,34)(H,31,32). The molecule has 0 fully saturated rings. The lowest BCUT2D eigenvalue weighted by molar-refractivity contribution is 0.102. The number of carbonyl (C=O) groups is 1. The van der Waals surface area contributed by atoms with Gasteiger partial charge in [0, 0.05) is 42.6 Å². The van der Waals surface area contributed by atoms with Crippen LogP contribution < -0.4 is 10.2 Å². The van der Waals surface area contributed by atoms with Crippen LogP contribution in [0.3, 0.4) is 0 Å². The zero-order chi connectivity index (χ0) is 23.7. The van der Waals surface area contributed by atoms with Gasteiger partial charge in [-0.1, -0.05) is 11.6 Å². The maximum atomic E-state index is 13.7. The number of imidazole rings is 1. The van der Waals surface area contributed by atoms with Crippen LogP contribution >= 0.6 is 11.6 Å². The molecule has 34 heavy (non-hydrogen) atoms. The minimum absolute atomic E-state index is 0.0349. The van der Waals surface area contributed by atoms with Gasteiger partial charge in [-0.3, -0.25) is 9.78 Å². The Morgan fingerprint density at radius 3 is 2.68 bits per heavy atom. The summed E-state index contributed by atoms with van der Waals surface area (Å²) in [4.78, 5) is 31.1. The molecule has 9 heteroatoms. The molecule has 0 spiro atoms. The molecule has 0 saturated heterocycles. The maximum absolute atomic E-state index is 13.7. The molecule has 2 N–H and O–H groups in total. The van der Waals surface area contributed by atoms with Crippen LogP contribution in [0.5, 0.6) is 0 Å². The highest BCUT2D eigenvalue weighted by molar-refractivity contribution is 6.30. The predicted molar refractivity (Wildman–Crippen MR) is 131 cm³/mol. The molecule has 0 aliphatic heterocycles. The fourth-order valence-corrected chi connectivity index (χ4v) is 3.71. The van der Waals surface area contributed by atoms with Crippen molar-refractivity contribution in [2.24, 2.45) is 0 Å². The number of hydrogen-bond acceptors (Lipinski definition) is 5. The van der Waals surface area contributed by atoms with Gasteiger partial charge in [-0.05, 0) is 60.7 Å². The summed E-state index contributed by atoms with van der Waals surface area (Å²) in [7, 11) is 1.93. The first-order valence-electron chi connectivity index (χ1n) is 10.3. The van der Waals surface area contributed by atoms with Gasteiger partial charge in [-0.25, -0.2) is 14.4 Å². The van der Waals surface area contributed by atoms with Crippen LogP contribution in [0.2, 0.25) is 5.02 Å². The van der Waals surface area contributed by atoms with Gasteiger partial charge in [0.1, 0.15) is 17.5 Å². The fourth-order valence-electron chi connectivity index (χ4n) is 3.59. The molecular formula is C25H18ClFN6O. The third-order valence-corrected chi connectivity index (χ3v) is 5.64. The van der Waals surface area contributed by atoms with Crippen molar-refractivity contribution < 1.29 is 9.18 Å². The number of hydrogen-bond donors (Lipinski definition) is 2. The number of fused-ring (bicyclic) bond motifs is 1. The first-order valence-corrected chi connectivity index (χ1v) is 10.7. The van der Waals surface area contributed by atoms with Gasteiger partial charge < -0.3 is 15.2 Å². The van der Waals surface area contributed by atoms with Crippen LogP contribution in [0.1, 0.15) is 10.4 Å². The summed E-state index contributed by atoms with van der Waals surface area (Å²) in [6.07, 6.45) is 5.18. The normalized spacial score (nSPS) is 10.9. The molecule has 168 valence electrons. The number of benzene rings is 2. The minimum atomic E-state index is -0.646. The van der Waals surface area contributed by atoms with E-state index in [9.17, 15) is 9.18 Å². The zero-order valence-corrected chi connectivity index (χ0v) is 18.7. The van der Waals surface area contributed by atoms with Crippen molar-refractivity contribution in [2.75, 3.05) is 17.3 Å². The molecule has 0 aliphatic carbocycles. The smallest absolute Gasteiger partial charge is 0.255 e. The van der Waals surface area contributed by atoms with E-state index in [2.05, 4.69) is 20.3 Å². The van der Waals surface area contributed by atoms with E-state index in [-0.39, 0.29) is 10.6 Å². The van der Waals surface area contributed by atoms with Crippen LogP contribution in [-0.4, -0.2) is 32.9 Å². The van der Waals surface area contributed by atoms with Crippen molar-refractivity contribution in [1.82, 2.24) is 19.9 Å². The molecule has 0 radical (unpaired) electrons. The van der Waals surface area contributed by atoms with Gasteiger partial charge in [0.15, 0.2) is 0 Å². The van der Waals surface area contributed by atoms with Crippen molar-refractivity contribution in [1.29, 1.82) is 0 Å². The largest absolute Gasteiger partial charge is 0.338 e. The number of aromatic amines is 1. The van der Waals surface area contributed by atoms with Crippen LogP contribution in [0, 0.1) is 5.82 Å². The number of amides is 1. The molecule has 3 aromatic heterocycles. The number of rotatable bonds is 5. The number of pyridine rings is 2. The van der Waals surface area contributed by atoms with Gasteiger partial charge in [0.2, 0.25) is 0 Å². The number of anilines is 3.